The number of fused-ring (bicyclic) bond motifs is 3. The first-order valence-corrected chi connectivity index (χ1v) is 8.61. The molecule has 2 aromatic carbocycles. The molecule has 0 heterocycles. The molecule has 2 heteroatoms. The fraction of sp³-hybridized carbons (Fsp3) is 0.381. The van der Waals surface area contributed by atoms with E-state index in [-0.39, 0.29) is 17.8 Å². The van der Waals surface area contributed by atoms with Crippen molar-refractivity contribution in [2.45, 2.75) is 38.7 Å². The molecular weight excluding hydrogens is 284 g/mol. The van der Waals surface area contributed by atoms with Crippen LogP contribution in [-0.4, -0.2) is 17.0 Å². The molecule has 2 aliphatic rings. The number of rotatable bonds is 3. The molecule has 1 fully saturated rings. The van der Waals surface area contributed by atoms with Gasteiger partial charge in [0.05, 0.1) is 6.10 Å². The van der Waals surface area contributed by atoms with Crippen molar-refractivity contribution in [2.24, 2.45) is 11.8 Å². The lowest BCUT2D eigenvalue weighted by Gasteiger charge is -2.26. The van der Waals surface area contributed by atoms with Crippen molar-refractivity contribution in [3.05, 3.63) is 53.6 Å². The van der Waals surface area contributed by atoms with Gasteiger partial charge in [-0.05, 0) is 53.2 Å². The van der Waals surface area contributed by atoms with Crippen molar-refractivity contribution in [1.29, 1.82) is 0 Å². The number of hydrogen-bond donors (Lipinski definition) is 1. The van der Waals surface area contributed by atoms with Crippen LogP contribution in [0, 0.1) is 11.8 Å². The molecule has 0 radical (unpaired) electrons. The van der Waals surface area contributed by atoms with Gasteiger partial charge < -0.3 is 5.11 Å². The predicted octanol–water partition coefficient (Wildman–Crippen LogP) is 4.36. The summed E-state index contributed by atoms with van der Waals surface area (Å²) in [6.45, 7) is 1.92. The predicted molar refractivity (Wildman–Crippen MR) is 93.0 cm³/mol. The van der Waals surface area contributed by atoms with Gasteiger partial charge in [0.1, 0.15) is 0 Å². The molecule has 0 aliphatic heterocycles. The van der Waals surface area contributed by atoms with E-state index in [1.54, 1.807) is 0 Å². The maximum atomic E-state index is 12.6. The first kappa shape index (κ1) is 14.6. The molecular formula is C21H22O2. The highest BCUT2D eigenvalue weighted by molar-refractivity contribution is 6.04. The van der Waals surface area contributed by atoms with Gasteiger partial charge in [-0.15, -0.1) is 0 Å². The molecule has 1 saturated carbocycles. The molecule has 0 spiro atoms. The van der Waals surface area contributed by atoms with Crippen molar-refractivity contribution in [2.75, 3.05) is 0 Å². The van der Waals surface area contributed by atoms with E-state index in [2.05, 4.69) is 30.3 Å². The molecule has 2 unspecified atom stereocenters. The Morgan fingerprint density at radius 2 is 1.91 bits per heavy atom. The van der Waals surface area contributed by atoms with Crippen LogP contribution < -0.4 is 0 Å². The minimum atomic E-state index is -0.344. The number of carbonyl (C=O) groups is 1. The molecule has 0 aromatic heterocycles. The van der Waals surface area contributed by atoms with E-state index in [0.29, 0.717) is 12.3 Å². The molecule has 2 aliphatic carbocycles. The number of carbonyl (C=O) groups excluding carboxylic acids is 1. The summed E-state index contributed by atoms with van der Waals surface area (Å²) >= 11 is 0. The van der Waals surface area contributed by atoms with Gasteiger partial charge in [0.15, 0.2) is 5.78 Å². The van der Waals surface area contributed by atoms with Crippen LogP contribution in [-0.2, 0) is 4.79 Å². The third-order valence-corrected chi connectivity index (χ3v) is 5.53. The highest BCUT2D eigenvalue weighted by atomic mass is 16.3. The van der Waals surface area contributed by atoms with Crippen LogP contribution in [0.2, 0.25) is 0 Å². The van der Waals surface area contributed by atoms with Gasteiger partial charge in [-0.2, -0.15) is 0 Å². The number of aliphatic hydroxyl groups is 1. The standard InChI is InChI=1S/C21H22O2/c1-2-19(22)21-17(9-13-10-18(21)20(23)11-13)16-8-7-14-5-3-4-6-15(14)12-16/h3-8,12-13,18,20,23H,2,9-11H2,1H3/t13?,18-,20?/m0/s1. The highest BCUT2D eigenvalue weighted by Crippen LogP contribution is 2.49. The molecule has 2 bridgehead atoms. The van der Waals surface area contributed by atoms with E-state index in [0.717, 1.165) is 30.4 Å². The lowest BCUT2D eigenvalue weighted by molar-refractivity contribution is -0.116. The van der Waals surface area contributed by atoms with Crippen LogP contribution in [0.15, 0.2) is 48.0 Å². The Hall–Kier alpha value is -1.93. The van der Waals surface area contributed by atoms with Gasteiger partial charge in [0, 0.05) is 17.9 Å². The molecule has 118 valence electrons. The zero-order valence-corrected chi connectivity index (χ0v) is 13.5. The largest absolute Gasteiger partial charge is 0.392 e. The third-order valence-electron chi connectivity index (χ3n) is 5.53. The van der Waals surface area contributed by atoms with Crippen molar-refractivity contribution in [1.82, 2.24) is 0 Å². The molecule has 1 N–H and O–H groups in total. The number of aliphatic hydroxyl groups excluding tert-OH is 1. The van der Waals surface area contributed by atoms with Gasteiger partial charge in [-0.3, -0.25) is 4.79 Å². The highest BCUT2D eigenvalue weighted by Gasteiger charge is 2.42. The Kier molecular flexibility index (Phi) is 3.57. The van der Waals surface area contributed by atoms with Crippen LogP contribution in [0.4, 0.5) is 0 Å². The van der Waals surface area contributed by atoms with Gasteiger partial charge in [-0.1, -0.05) is 43.3 Å². The molecule has 2 aromatic rings. The summed E-state index contributed by atoms with van der Waals surface area (Å²) < 4.78 is 0. The molecule has 2 nitrogen and oxygen atoms in total. The SMILES string of the molecule is CCC(=O)C1=C(c2ccc3ccccc3c2)CC2CC(O)[C@@H]1C2. The Morgan fingerprint density at radius 1 is 1.13 bits per heavy atom. The van der Waals surface area contributed by atoms with E-state index in [1.807, 2.05) is 19.1 Å². The quantitative estimate of drug-likeness (QED) is 0.914. The molecule has 23 heavy (non-hydrogen) atoms. The molecule has 4 rings (SSSR count). The monoisotopic (exact) mass is 306 g/mol. The maximum absolute atomic E-state index is 12.6. The minimum absolute atomic E-state index is 0.0441. The summed E-state index contributed by atoms with van der Waals surface area (Å²) in [5.41, 5.74) is 3.24. The maximum Gasteiger partial charge on any atom is 0.159 e. The zero-order valence-electron chi connectivity index (χ0n) is 13.5. The second kappa shape index (κ2) is 5.61. The zero-order chi connectivity index (χ0) is 16.0. The van der Waals surface area contributed by atoms with Crippen molar-refractivity contribution >= 4 is 22.1 Å². The van der Waals surface area contributed by atoms with E-state index >= 15 is 0 Å². The summed E-state index contributed by atoms with van der Waals surface area (Å²) in [5.74, 6) is 0.769. The van der Waals surface area contributed by atoms with Gasteiger partial charge >= 0.3 is 0 Å². The fourth-order valence-electron chi connectivity index (χ4n) is 4.43. The first-order chi connectivity index (χ1) is 11.2. The number of hydrogen-bond acceptors (Lipinski definition) is 2. The number of Topliss-reactive ketones (excluding diaryl/α,β-unsaturated/α-hetero) is 1. The fourth-order valence-corrected chi connectivity index (χ4v) is 4.43. The van der Waals surface area contributed by atoms with E-state index < -0.39 is 0 Å². The van der Waals surface area contributed by atoms with E-state index in [4.69, 9.17) is 0 Å². The molecule has 3 atom stereocenters. The third kappa shape index (κ3) is 2.42. The van der Waals surface area contributed by atoms with E-state index in [9.17, 15) is 9.90 Å². The van der Waals surface area contributed by atoms with Crippen LogP contribution >= 0.6 is 0 Å². The second-order valence-corrected chi connectivity index (χ2v) is 6.95. The van der Waals surface area contributed by atoms with E-state index in [1.165, 1.54) is 16.3 Å². The minimum Gasteiger partial charge on any atom is -0.392 e. The van der Waals surface area contributed by atoms with Crippen molar-refractivity contribution in [3.8, 4) is 0 Å². The summed E-state index contributed by atoms with van der Waals surface area (Å²) in [4.78, 5) is 12.6. The first-order valence-electron chi connectivity index (χ1n) is 8.61. The van der Waals surface area contributed by atoms with Gasteiger partial charge in [-0.25, -0.2) is 0 Å². The van der Waals surface area contributed by atoms with Crippen LogP contribution in [0.3, 0.4) is 0 Å². The number of benzene rings is 2. The number of allylic oxidation sites excluding steroid dienone is 1. The topological polar surface area (TPSA) is 37.3 Å². The van der Waals surface area contributed by atoms with Crippen LogP contribution in [0.1, 0.15) is 38.2 Å². The van der Waals surface area contributed by atoms with Crippen LogP contribution in [0.5, 0.6) is 0 Å². The molecule has 0 amide bonds. The van der Waals surface area contributed by atoms with Crippen molar-refractivity contribution in [3.63, 3.8) is 0 Å². The molecule has 0 saturated heterocycles. The Morgan fingerprint density at radius 3 is 2.70 bits per heavy atom. The second-order valence-electron chi connectivity index (χ2n) is 6.95. The summed E-state index contributed by atoms with van der Waals surface area (Å²) in [7, 11) is 0. The normalized spacial score (nSPS) is 26.8. The van der Waals surface area contributed by atoms with Crippen LogP contribution in [0.25, 0.3) is 16.3 Å². The Balaban J connectivity index is 1.88. The average molecular weight is 306 g/mol. The van der Waals surface area contributed by atoms with Crippen molar-refractivity contribution < 1.29 is 9.90 Å². The lowest BCUT2D eigenvalue weighted by atomic mass is 9.77. The van der Waals surface area contributed by atoms with Gasteiger partial charge in [0.25, 0.3) is 0 Å². The smallest absolute Gasteiger partial charge is 0.159 e. The Labute approximate surface area is 136 Å². The summed E-state index contributed by atoms with van der Waals surface area (Å²) in [5, 5.41) is 12.8. The Bertz CT molecular complexity index is 802. The summed E-state index contributed by atoms with van der Waals surface area (Å²) in [6, 6.07) is 14.8. The average Bonchev–Trinajstić information content (AvgIpc) is 2.88. The lowest BCUT2D eigenvalue weighted by Crippen LogP contribution is -2.23. The van der Waals surface area contributed by atoms with Gasteiger partial charge in [0.2, 0.25) is 0 Å². The number of ketones is 1. The summed E-state index contributed by atoms with van der Waals surface area (Å²) in [6.07, 6.45) is 2.90.